The van der Waals surface area contributed by atoms with Crippen molar-refractivity contribution in [2.45, 2.75) is 46.1 Å². The zero-order chi connectivity index (χ0) is 24.5. The Kier molecular flexibility index (Phi) is 9.59. The number of nitrogens with one attached hydrogen (secondary N) is 2. The predicted octanol–water partition coefficient (Wildman–Crippen LogP) is 5.93. The van der Waals surface area contributed by atoms with E-state index in [0.717, 1.165) is 35.0 Å². The Bertz CT molecular complexity index is 1090. The van der Waals surface area contributed by atoms with Gasteiger partial charge >= 0.3 is 0 Å². The fraction of sp³-hybridized carbons (Fsp3) is 0.360. The van der Waals surface area contributed by atoms with Crippen molar-refractivity contribution >= 4 is 44.2 Å². The average molecular weight is 546 g/mol. The van der Waals surface area contributed by atoms with Gasteiger partial charge in [-0.05, 0) is 48.7 Å². The summed E-state index contributed by atoms with van der Waals surface area (Å²) in [5, 5.41) is 15.1. The molecule has 2 amide bonds. The molecule has 0 saturated heterocycles. The van der Waals surface area contributed by atoms with Gasteiger partial charge in [0.15, 0.2) is 0 Å². The number of amides is 2. The minimum Gasteiger partial charge on any atom is -0.494 e. The minimum absolute atomic E-state index is 0.0699. The van der Waals surface area contributed by atoms with Crippen LogP contribution in [0.3, 0.4) is 0 Å². The van der Waals surface area contributed by atoms with Crippen molar-refractivity contribution in [1.29, 1.82) is 0 Å². The third-order valence-electron chi connectivity index (χ3n) is 5.41. The van der Waals surface area contributed by atoms with E-state index in [1.165, 1.54) is 11.3 Å². The third-order valence-corrected chi connectivity index (χ3v) is 6.83. The first-order valence-corrected chi connectivity index (χ1v) is 13.0. The van der Waals surface area contributed by atoms with Gasteiger partial charge in [-0.15, -0.1) is 10.2 Å². The summed E-state index contributed by atoms with van der Waals surface area (Å²) >= 11 is 4.70. The van der Waals surface area contributed by atoms with Gasteiger partial charge in [0.2, 0.25) is 11.0 Å². The lowest BCUT2D eigenvalue weighted by molar-refractivity contribution is -0.119. The van der Waals surface area contributed by atoms with Gasteiger partial charge in [-0.2, -0.15) is 0 Å². The normalized spacial score (nSPS) is 12.6. The monoisotopic (exact) mass is 544 g/mol. The summed E-state index contributed by atoms with van der Waals surface area (Å²) in [6.45, 7) is 6.67. The number of nitrogens with zero attached hydrogens (tertiary/aromatic N) is 2. The van der Waals surface area contributed by atoms with Crippen molar-refractivity contribution in [3.8, 4) is 16.3 Å². The summed E-state index contributed by atoms with van der Waals surface area (Å²) in [4.78, 5) is 25.9. The van der Waals surface area contributed by atoms with E-state index < -0.39 is 6.04 Å². The summed E-state index contributed by atoms with van der Waals surface area (Å²) in [6, 6.07) is 14.0. The molecule has 0 aliphatic carbocycles. The van der Waals surface area contributed by atoms with Crippen LogP contribution >= 0.6 is 27.3 Å². The molecule has 0 bridgehead atoms. The Morgan fingerprint density at radius 1 is 1.06 bits per heavy atom. The number of halogens is 1. The number of unbranched alkanes of at least 4 members (excludes halogenated alkanes) is 1. The summed E-state index contributed by atoms with van der Waals surface area (Å²) in [6.07, 6.45) is 2.76. The molecule has 3 aromatic rings. The lowest BCUT2D eigenvalue weighted by Gasteiger charge is -2.23. The van der Waals surface area contributed by atoms with Gasteiger partial charge in [-0.3, -0.25) is 14.9 Å². The van der Waals surface area contributed by atoms with E-state index in [2.05, 4.69) is 43.7 Å². The summed E-state index contributed by atoms with van der Waals surface area (Å²) in [7, 11) is 0. The molecule has 9 heteroatoms. The second kappa shape index (κ2) is 12.6. The highest BCUT2D eigenvalue weighted by molar-refractivity contribution is 9.10. The van der Waals surface area contributed by atoms with E-state index in [-0.39, 0.29) is 17.7 Å². The van der Waals surface area contributed by atoms with Crippen LogP contribution in [0.2, 0.25) is 0 Å². The van der Waals surface area contributed by atoms with Crippen LogP contribution < -0.4 is 15.4 Å². The van der Waals surface area contributed by atoms with Crippen molar-refractivity contribution in [2.24, 2.45) is 5.92 Å². The fourth-order valence-electron chi connectivity index (χ4n) is 3.13. The number of anilines is 1. The molecule has 2 aromatic carbocycles. The molecule has 2 N–H and O–H groups in total. The van der Waals surface area contributed by atoms with Crippen LogP contribution in [0.5, 0.6) is 5.75 Å². The maximum Gasteiger partial charge on any atom is 0.251 e. The van der Waals surface area contributed by atoms with E-state index in [9.17, 15) is 9.59 Å². The van der Waals surface area contributed by atoms with Crippen molar-refractivity contribution < 1.29 is 14.3 Å². The Balaban J connectivity index is 1.65. The van der Waals surface area contributed by atoms with E-state index in [4.69, 9.17) is 4.74 Å². The first-order valence-electron chi connectivity index (χ1n) is 11.3. The highest BCUT2D eigenvalue weighted by Crippen LogP contribution is 2.27. The lowest BCUT2D eigenvalue weighted by Crippen LogP contribution is -2.47. The van der Waals surface area contributed by atoms with Crippen LogP contribution in [0.1, 0.15) is 50.4 Å². The number of hydrogen-bond donors (Lipinski definition) is 2. The molecule has 0 spiro atoms. The SMILES string of the molecule is CCCCOc1ccc(C(=O)N[C@H](C(=O)Nc2nnc(-c3ccc(Br)cc3)s2)[C@@H](C)CC)cc1. The number of hydrogen-bond acceptors (Lipinski definition) is 6. The molecular formula is C25H29BrN4O3S. The molecule has 7 nitrogen and oxygen atoms in total. The zero-order valence-electron chi connectivity index (χ0n) is 19.5. The Morgan fingerprint density at radius 2 is 1.76 bits per heavy atom. The summed E-state index contributed by atoms with van der Waals surface area (Å²) in [5.74, 6) is 0.0210. The number of rotatable bonds is 11. The maximum atomic E-state index is 13.1. The summed E-state index contributed by atoms with van der Waals surface area (Å²) in [5.41, 5.74) is 1.38. The molecule has 34 heavy (non-hydrogen) atoms. The van der Waals surface area contributed by atoms with Crippen LogP contribution in [-0.4, -0.2) is 34.7 Å². The lowest BCUT2D eigenvalue weighted by atomic mass is 9.98. The van der Waals surface area contributed by atoms with E-state index in [1.807, 2.05) is 38.1 Å². The summed E-state index contributed by atoms with van der Waals surface area (Å²) < 4.78 is 6.62. The van der Waals surface area contributed by atoms with Gasteiger partial charge in [0.25, 0.3) is 5.91 Å². The molecule has 0 radical (unpaired) electrons. The van der Waals surface area contributed by atoms with Crippen molar-refractivity contribution in [3.05, 3.63) is 58.6 Å². The highest BCUT2D eigenvalue weighted by atomic mass is 79.9. The number of ether oxygens (including phenoxy) is 1. The Labute approximate surface area is 212 Å². The predicted molar refractivity (Wildman–Crippen MR) is 139 cm³/mol. The number of aromatic nitrogens is 2. The van der Waals surface area contributed by atoms with E-state index in [0.29, 0.717) is 22.3 Å². The molecule has 0 fully saturated rings. The topological polar surface area (TPSA) is 93.2 Å². The van der Waals surface area contributed by atoms with Gasteiger partial charge in [-0.25, -0.2) is 0 Å². The van der Waals surface area contributed by atoms with Crippen LogP contribution in [0.25, 0.3) is 10.6 Å². The Hall–Kier alpha value is -2.78. The molecule has 1 aromatic heterocycles. The number of benzene rings is 2. The first-order chi connectivity index (χ1) is 16.4. The average Bonchev–Trinajstić information content (AvgIpc) is 3.31. The van der Waals surface area contributed by atoms with Crippen molar-refractivity contribution in [2.75, 3.05) is 11.9 Å². The number of carbonyl (C=O) groups excluding carboxylic acids is 2. The van der Waals surface area contributed by atoms with Crippen molar-refractivity contribution in [1.82, 2.24) is 15.5 Å². The zero-order valence-corrected chi connectivity index (χ0v) is 21.9. The van der Waals surface area contributed by atoms with Crippen molar-refractivity contribution in [3.63, 3.8) is 0 Å². The quantitative estimate of drug-likeness (QED) is 0.292. The number of carbonyl (C=O) groups is 2. The largest absolute Gasteiger partial charge is 0.494 e. The third kappa shape index (κ3) is 7.11. The van der Waals surface area contributed by atoms with Crippen LogP contribution in [-0.2, 0) is 4.79 Å². The molecule has 1 heterocycles. The molecular weight excluding hydrogens is 516 g/mol. The second-order valence-corrected chi connectivity index (χ2v) is 9.86. The van der Waals surface area contributed by atoms with Gasteiger partial charge in [0.05, 0.1) is 6.61 Å². The molecule has 3 rings (SSSR count). The van der Waals surface area contributed by atoms with E-state index >= 15 is 0 Å². The Morgan fingerprint density at radius 3 is 2.41 bits per heavy atom. The maximum absolute atomic E-state index is 13.1. The molecule has 0 aliphatic heterocycles. The van der Waals surface area contributed by atoms with E-state index in [1.54, 1.807) is 24.3 Å². The molecule has 0 unspecified atom stereocenters. The molecule has 2 atom stereocenters. The van der Waals surface area contributed by atoms with Crippen LogP contribution in [0.15, 0.2) is 53.0 Å². The van der Waals surface area contributed by atoms with Gasteiger partial charge in [0, 0.05) is 15.6 Å². The van der Waals surface area contributed by atoms with Crippen LogP contribution in [0, 0.1) is 5.92 Å². The molecule has 180 valence electrons. The van der Waals surface area contributed by atoms with Gasteiger partial charge in [0.1, 0.15) is 16.8 Å². The van der Waals surface area contributed by atoms with Gasteiger partial charge < -0.3 is 10.1 Å². The first kappa shape index (κ1) is 25.8. The van der Waals surface area contributed by atoms with Gasteiger partial charge in [-0.1, -0.05) is 73.0 Å². The van der Waals surface area contributed by atoms with Crippen LogP contribution in [0.4, 0.5) is 5.13 Å². The second-order valence-electron chi connectivity index (χ2n) is 7.97. The molecule has 0 saturated carbocycles. The molecule has 0 aliphatic rings. The smallest absolute Gasteiger partial charge is 0.251 e. The standard InChI is InChI=1S/C25H29BrN4O3S/c1-4-6-15-33-20-13-9-17(10-14-20)22(31)27-21(16(3)5-2)23(32)28-25-30-29-24(34-25)18-7-11-19(26)12-8-18/h7-14,16,21H,4-6,15H2,1-3H3,(H,27,31)(H,28,30,32)/t16-,21-/m0/s1. The fourth-order valence-corrected chi connectivity index (χ4v) is 4.15. The highest BCUT2D eigenvalue weighted by Gasteiger charge is 2.27. The minimum atomic E-state index is -0.710.